The number of primary amides is 1. The molecule has 1 heterocycles. The number of nitrogens with two attached hydrogens (primary N) is 2. The number of nitrogens with zero attached hydrogens (tertiary/aromatic N) is 1. The van der Waals surface area contributed by atoms with E-state index in [-0.39, 0.29) is 12.5 Å². The number of likely N-dealkylation sites (tertiary alicyclic amines) is 1. The highest BCUT2D eigenvalue weighted by Crippen LogP contribution is 2.18. The molecule has 0 spiro atoms. The van der Waals surface area contributed by atoms with Gasteiger partial charge in [0, 0.05) is 18.3 Å². The van der Waals surface area contributed by atoms with Gasteiger partial charge in [-0.15, -0.1) is 0 Å². The second kappa shape index (κ2) is 6.27. The van der Waals surface area contributed by atoms with Crippen LogP contribution >= 0.6 is 0 Å². The first-order valence-electron chi connectivity index (χ1n) is 6.65. The maximum absolute atomic E-state index is 12.1. The van der Waals surface area contributed by atoms with Gasteiger partial charge in [-0.1, -0.05) is 6.07 Å². The first-order chi connectivity index (χ1) is 9.58. The average molecular weight is 277 g/mol. The Morgan fingerprint density at radius 1 is 1.35 bits per heavy atom. The molecule has 4 N–H and O–H groups in total. The zero-order chi connectivity index (χ0) is 14.5. The summed E-state index contributed by atoms with van der Waals surface area (Å²) in [6.45, 7) is 0.431. The van der Waals surface area contributed by atoms with Crippen LogP contribution in [0.5, 0.6) is 5.75 Å². The van der Waals surface area contributed by atoms with Gasteiger partial charge in [0.25, 0.3) is 5.91 Å². The summed E-state index contributed by atoms with van der Waals surface area (Å²) < 4.78 is 5.41. The van der Waals surface area contributed by atoms with Crippen molar-refractivity contribution in [1.82, 2.24) is 4.90 Å². The SMILES string of the molecule is NC(=O)C1CCCCN1C(=O)COc1cccc(N)c1. The maximum atomic E-state index is 12.1. The fraction of sp³-hybridized carbons (Fsp3) is 0.429. The van der Waals surface area contributed by atoms with Crippen LogP contribution in [0, 0.1) is 0 Å². The zero-order valence-electron chi connectivity index (χ0n) is 11.2. The van der Waals surface area contributed by atoms with Gasteiger partial charge in [-0.3, -0.25) is 9.59 Å². The number of hydrogen-bond acceptors (Lipinski definition) is 4. The molecule has 0 aromatic heterocycles. The van der Waals surface area contributed by atoms with Crippen molar-refractivity contribution >= 4 is 17.5 Å². The van der Waals surface area contributed by atoms with Gasteiger partial charge in [0.1, 0.15) is 11.8 Å². The van der Waals surface area contributed by atoms with Crippen LogP contribution in [-0.4, -0.2) is 35.9 Å². The highest BCUT2D eigenvalue weighted by atomic mass is 16.5. The van der Waals surface area contributed by atoms with E-state index in [1.807, 2.05) is 0 Å². The molecule has 2 amide bonds. The Morgan fingerprint density at radius 3 is 2.85 bits per heavy atom. The van der Waals surface area contributed by atoms with E-state index in [1.54, 1.807) is 24.3 Å². The smallest absolute Gasteiger partial charge is 0.261 e. The number of anilines is 1. The van der Waals surface area contributed by atoms with Crippen LogP contribution in [0.1, 0.15) is 19.3 Å². The molecule has 6 heteroatoms. The number of amides is 2. The lowest BCUT2D eigenvalue weighted by Gasteiger charge is -2.33. The third-order valence-electron chi connectivity index (χ3n) is 3.37. The van der Waals surface area contributed by atoms with Crippen LogP contribution in [0.25, 0.3) is 0 Å². The van der Waals surface area contributed by atoms with Gasteiger partial charge in [0.05, 0.1) is 0 Å². The van der Waals surface area contributed by atoms with E-state index in [1.165, 1.54) is 4.90 Å². The van der Waals surface area contributed by atoms with Crippen LogP contribution in [-0.2, 0) is 9.59 Å². The van der Waals surface area contributed by atoms with Gasteiger partial charge in [-0.05, 0) is 31.4 Å². The minimum absolute atomic E-state index is 0.118. The minimum atomic E-state index is -0.513. The maximum Gasteiger partial charge on any atom is 0.261 e. The molecule has 0 saturated carbocycles. The van der Waals surface area contributed by atoms with E-state index >= 15 is 0 Å². The summed E-state index contributed by atoms with van der Waals surface area (Å²) in [5.74, 6) is -0.149. The summed E-state index contributed by atoms with van der Waals surface area (Å²) in [6.07, 6.45) is 2.42. The van der Waals surface area contributed by atoms with Crippen LogP contribution in [0.2, 0.25) is 0 Å². The molecular weight excluding hydrogens is 258 g/mol. The summed E-state index contributed by atoms with van der Waals surface area (Å²) >= 11 is 0. The first-order valence-corrected chi connectivity index (χ1v) is 6.65. The van der Waals surface area contributed by atoms with Crippen molar-refractivity contribution in [1.29, 1.82) is 0 Å². The van der Waals surface area contributed by atoms with Crippen molar-refractivity contribution < 1.29 is 14.3 Å². The predicted molar refractivity (Wildman–Crippen MR) is 74.9 cm³/mol. The number of piperidine rings is 1. The number of hydrogen-bond donors (Lipinski definition) is 2. The highest BCUT2D eigenvalue weighted by molar-refractivity contribution is 5.87. The molecule has 1 aliphatic heterocycles. The Kier molecular flexibility index (Phi) is 4.45. The Bertz CT molecular complexity index is 504. The number of nitrogen functional groups attached to an aromatic ring is 1. The van der Waals surface area contributed by atoms with E-state index in [4.69, 9.17) is 16.2 Å². The van der Waals surface area contributed by atoms with Crippen LogP contribution in [0.15, 0.2) is 24.3 Å². The van der Waals surface area contributed by atoms with Crippen LogP contribution in [0.4, 0.5) is 5.69 Å². The van der Waals surface area contributed by atoms with E-state index in [0.29, 0.717) is 24.4 Å². The molecule has 1 unspecified atom stereocenters. The zero-order valence-corrected chi connectivity index (χ0v) is 11.2. The number of carbonyl (C=O) groups is 2. The molecule has 1 aromatic rings. The summed E-state index contributed by atoms with van der Waals surface area (Å²) in [6, 6.07) is 6.35. The molecule has 1 fully saturated rings. The minimum Gasteiger partial charge on any atom is -0.484 e. The standard InChI is InChI=1S/C14H19N3O3/c15-10-4-3-5-11(8-10)20-9-13(18)17-7-2-1-6-12(17)14(16)19/h3-5,8,12H,1-2,6-7,9,15H2,(H2,16,19). The lowest BCUT2D eigenvalue weighted by molar-refractivity contribution is -0.142. The summed E-state index contributed by atoms with van der Waals surface area (Å²) in [5, 5.41) is 0. The Morgan fingerprint density at radius 2 is 2.15 bits per heavy atom. The second-order valence-corrected chi connectivity index (χ2v) is 4.86. The summed E-state index contributed by atoms with van der Waals surface area (Å²) in [7, 11) is 0. The van der Waals surface area contributed by atoms with Crippen LogP contribution < -0.4 is 16.2 Å². The molecule has 1 aliphatic rings. The Hall–Kier alpha value is -2.24. The van der Waals surface area contributed by atoms with Gasteiger partial charge >= 0.3 is 0 Å². The van der Waals surface area contributed by atoms with Crippen molar-refractivity contribution in [3.05, 3.63) is 24.3 Å². The van der Waals surface area contributed by atoms with Crippen molar-refractivity contribution in [3.8, 4) is 5.75 Å². The van der Waals surface area contributed by atoms with E-state index in [9.17, 15) is 9.59 Å². The van der Waals surface area contributed by atoms with Crippen molar-refractivity contribution in [2.24, 2.45) is 5.73 Å². The van der Waals surface area contributed by atoms with Gasteiger partial charge in [0.15, 0.2) is 6.61 Å². The monoisotopic (exact) mass is 277 g/mol. The molecule has 1 saturated heterocycles. The molecule has 0 radical (unpaired) electrons. The number of ether oxygens (including phenoxy) is 1. The molecule has 1 atom stereocenters. The predicted octanol–water partition coefficient (Wildman–Crippen LogP) is 0.514. The van der Waals surface area contributed by atoms with Gasteiger partial charge in [0.2, 0.25) is 5.91 Å². The highest BCUT2D eigenvalue weighted by Gasteiger charge is 2.30. The number of carbonyl (C=O) groups excluding carboxylic acids is 2. The lowest BCUT2D eigenvalue weighted by Crippen LogP contribution is -2.51. The molecule has 6 nitrogen and oxygen atoms in total. The van der Waals surface area contributed by atoms with E-state index in [2.05, 4.69) is 0 Å². The molecule has 2 rings (SSSR count). The molecule has 0 aliphatic carbocycles. The largest absolute Gasteiger partial charge is 0.484 e. The molecule has 1 aromatic carbocycles. The fourth-order valence-electron chi connectivity index (χ4n) is 2.36. The van der Waals surface area contributed by atoms with Gasteiger partial charge < -0.3 is 21.1 Å². The van der Waals surface area contributed by atoms with E-state index in [0.717, 1.165) is 12.8 Å². The fourth-order valence-corrected chi connectivity index (χ4v) is 2.36. The second-order valence-electron chi connectivity index (χ2n) is 4.86. The van der Waals surface area contributed by atoms with Gasteiger partial charge in [-0.25, -0.2) is 0 Å². The third kappa shape index (κ3) is 3.40. The molecular formula is C14H19N3O3. The van der Waals surface area contributed by atoms with Gasteiger partial charge in [-0.2, -0.15) is 0 Å². The number of benzene rings is 1. The normalized spacial score (nSPS) is 18.6. The van der Waals surface area contributed by atoms with E-state index < -0.39 is 11.9 Å². The molecule has 20 heavy (non-hydrogen) atoms. The average Bonchev–Trinajstić information content (AvgIpc) is 2.45. The molecule has 0 bridgehead atoms. The van der Waals surface area contributed by atoms with Crippen molar-refractivity contribution in [2.45, 2.75) is 25.3 Å². The summed E-state index contributed by atoms with van der Waals surface area (Å²) in [4.78, 5) is 25.0. The third-order valence-corrected chi connectivity index (χ3v) is 3.37. The number of rotatable bonds is 4. The van der Waals surface area contributed by atoms with Crippen molar-refractivity contribution in [2.75, 3.05) is 18.9 Å². The van der Waals surface area contributed by atoms with Crippen LogP contribution in [0.3, 0.4) is 0 Å². The lowest BCUT2D eigenvalue weighted by atomic mass is 10.0. The molecule has 108 valence electrons. The quantitative estimate of drug-likeness (QED) is 0.783. The topological polar surface area (TPSA) is 98.7 Å². The first kappa shape index (κ1) is 14.2. The summed E-state index contributed by atoms with van der Waals surface area (Å²) in [5.41, 5.74) is 11.5. The van der Waals surface area contributed by atoms with Crippen molar-refractivity contribution in [3.63, 3.8) is 0 Å². The Balaban J connectivity index is 1.95. The Labute approximate surface area is 117 Å².